The molecule has 0 unspecified atom stereocenters. The summed E-state index contributed by atoms with van der Waals surface area (Å²) < 4.78 is 16.4. The molecule has 1 saturated heterocycles. The number of rotatable bonds is 6. The summed E-state index contributed by atoms with van der Waals surface area (Å²) >= 11 is 0. The van der Waals surface area contributed by atoms with E-state index in [4.69, 9.17) is 14.2 Å². The van der Waals surface area contributed by atoms with Crippen molar-refractivity contribution in [2.45, 2.75) is 12.7 Å². The molecule has 1 aliphatic heterocycles. The van der Waals surface area contributed by atoms with Gasteiger partial charge in [0.05, 0.1) is 6.61 Å². The second-order valence-electron chi connectivity index (χ2n) is 4.51. The standard InChI is InChI=1S/C16H16O3.Na.H/c1-2-4-13(5-3-1)10-17-14-6-8-15(9-7-14)18-11-16-12-19-16;;/h1-9,16H,10-12H2;;/t16-;;/m1../s1. The van der Waals surface area contributed by atoms with E-state index in [1.165, 1.54) is 0 Å². The Labute approximate surface area is 141 Å². The third-order valence-electron chi connectivity index (χ3n) is 2.91. The summed E-state index contributed by atoms with van der Waals surface area (Å²) in [7, 11) is 0. The van der Waals surface area contributed by atoms with Crippen molar-refractivity contribution in [3.8, 4) is 11.5 Å². The molecule has 2 aromatic carbocycles. The van der Waals surface area contributed by atoms with Crippen LogP contribution in [-0.2, 0) is 11.3 Å². The first-order valence-electron chi connectivity index (χ1n) is 6.41. The predicted octanol–water partition coefficient (Wildman–Crippen LogP) is 2.39. The van der Waals surface area contributed by atoms with Gasteiger partial charge in [-0.2, -0.15) is 0 Å². The Morgan fingerprint density at radius 1 is 0.900 bits per heavy atom. The molecule has 0 bridgehead atoms. The van der Waals surface area contributed by atoms with Crippen LogP contribution in [0, 0.1) is 0 Å². The van der Waals surface area contributed by atoms with Crippen LogP contribution in [0.2, 0.25) is 0 Å². The number of hydrogen-bond acceptors (Lipinski definition) is 3. The van der Waals surface area contributed by atoms with Gasteiger partial charge in [0.15, 0.2) is 0 Å². The van der Waals surface area contributed by atoms with Gasteiger partial charge in [0.2, 0.25) is 0 Å². The first-order chi connectivity index (χ1) is 9.40. The van der Waals surface area contributed by atoms with E-state index < -0.39 is 0 Å². The Morgan fingerprint density at radius 3 is 2.10 bits per heavy atom. The molecule has 1 aliphatic rings. The SMILES string of the molecule is [NaH].c1ccc(COc2ccc(OC[C@@H]3CO3)cc2)cc1. The number of epoxide rings is 1. The first kappa shape index (κ1) is 15.4. The molecule has 0 saturated carbocycles. The molecular weight excluding hydrogens is 263 g/mol. The van der Waals surface area contributed by atoms with Crippen LogP contribution >= 0.6 is 0 Å². The minimum Gasteiger partial charge on any atom is -0.491 e. The minimum atomic E-state index is 0. The van der Waals surface area contributed by atoms with Crippen LogP contribution in [0.4, 0.5) is 0 Å². The van der Waals surface area contributed by atoms with Crippen LogP contribution in [-0.4, -0.2) is 48.9 Å². The van der Waals surface area contributed by atoms with E-state index in [1.54, 1.807) is 0 Å². The van der Waals surface area contributed by atoms with Crippen molar-refractivity contribution in [1.29, 1.82) is 0 Å². The third kappa shape index (κ3) is 4.84. The van der Waals surface area contributed by atoms with Crippen LogP contribution in [0.3, 0.4) is 0 Å². The largest absolute Gasteiger partial charge is 0.491 e. The molecule has 20 heavy (non-hydrogen) atoms. The fourth-order valence-corrected chi connectivity index (χ4v) is 1.73. The Morgan fingerprint density at radius 2 is 1.50 bits per heavy atom. The third-order valence-corrected chi connectivity index (χ3v) is 2.91. The van der Waals surface area contributed by atoms with Gasteiger partial charge in [-0.3, -0.25) is 0 Å². The molecule has 3 nitrogen and oxygen atoms in total. The predicted molar refractivity (Wildman–Crippen MR) is 79.6 cm³/mol. The number of benzene rings is 2. The fraction of sp³-hybridized carbons (Fsp3) is 0.250. The van der Waals surface area contributed by atoms with Crippen LogP contribution in [0.5, 0.6) is 11.5 Å². The summed E-state index contributed by atoms with van der Waals surface area (Å²) in [4.78, 5) is 0. The van der Waals surface area contributed by atoms with E-state index in [9.17, 15) is 0 Å². The van der Waals surface area contributed by atoms with Crippen molar-refractivity contribution >= 4 is 29.6 Å². The van der Waals surface area contributed by atoms with E-state index >= 15 is 0 Å². The van der Waals surface area contributed by atoms with Crippen molar-refractivity contribution in [1.82, 2.24) is 0 Å². The normalized spacial score (nSPS) is 16.1. The smallest absolute Gasteiger partial charge is 0.120 e. The maximum absolute atomic E-state index is 5.70. The molecule has 100 valence electrons. The maximum atomic E-state index is 5.70. The van der Waals surface area contributed by atoms with Gasteiger partial charge >= 0.3 is 29.6 Å². The molecule has 1 heterocycles. The molecule has 0 aliphatic carbocycles. The molecule has 1 fully saturated rings. The second-order valence-corrected chi connectivity index (χ2v) is 4.51. The Balaban J connectivity index is 0.00000147. The number of hydrogen-bond donors (Lipinski definition) is 0. The zero-order valence-corrected chi connectivity index (χ0v) is 10.6. The van der Waals surface area contributed by atoms with E-state index in [0.717, 1.165) is 23.7 Å². The average Bonchev–Trinajstić information content (AvgIpc) is 3.29. The Bertz CT molecular complexity index is 509. The van der Waals surface area contributed by atoms with Gasteiger partial charge in [0, 0.05) is 0 Å². The number of ether oxygens (including phenoxy) is 3. The summed E-state index contributed by atoms with van der Waals surface area (Å²) in [6, 6.07) is 17.8. The van der Waals surface area contributed by atoms with E-state index in [2.05, 4.69) is 0 Å². The van der Waals surface area contributed by atoms with Crippen molar-refractivity contribution in [2.24, 2.45) is 0 Å². The van der Waals surface area contributed by atoms with E-state index in [1.807, 2.05) is 54.6 Å². The molecule has 0 spiro atoms. The van der Waals surface area contributed by atoms with Crippen LogP contribution in [0.1, 0.15) is 5.56 Å². The van der Waals surface area contributed by atoms with E-state index in [0.29, 0.717) is 13.2 Å². The molecule has 0 amide bonds. The van der Waals surface area contributed by atoms with Crippen molar-refractivity contribution in [2.75, 3.05) is 13.2 Å². The zero-order chi connectivity index (χ0) is 12.9. The molecule has 4 heteroatoms. The van der Waals surface area contributed by atoms with Crippen molar-refractivity contribution < 1.29 is 14.2 Å². The average molecular weight is 280 g/mol. The summed E-state index contributed by atoms with van der Waals surface area (Å²) in [5.41, 5.74) is 1.16. The van der Waals surface area contributed by atoms with Crippen molar-refractivity contribution in [3.05, 3.63) is 60.2 Å². The van der Waals surface area contributed by atoms with Gasteiger partial charge in [-0.05, 0) is 29.8 Å². The Hall–Kier alpha value is -1.00. The minimum absolute atomic E-state index is 0. The molecule has 2 aromatic rings. The van der Waals surface area contributed by atoms with Gasteiger partial charge in [0.25, 0.3) is 0 Å². The molecule has 0 aromatic heterocycles. The molecular formula is C16H17NaO3. The van der Waals surface area contributed by atoms with Gasteiger partial charge in [-0.1, -0.05) is 30.3 Å². The topological polar surface area (TPSA) is 31.0 Å². The van der Waals surface area contributed by atoms with Gasteiger partial charge < -0.3 is 14.2 Å². The van der Waals surface area contributed by atoms with Gasteiger partial charge in [0.1, 0.15) is 30.8 Å². The monoisotopic (exact) mass is 280 g/mol. The van der Waals surface area contributed by atoms with Crippen LogP contribution in [0.15, 0.2) is 54.6 Å². The maximum Gasteiger partial charge on any atom is 0.120 e. The second kappa shape index (κ2) is 7.70. The first-order valence-corrected chi connectivity index (χ1v) is 6.41. The fourth-order valence-electron chi connectivity index (χ4n) is 1.73. The molecule has 0 N–H and O–H groups in total. The Kier molecular flexibility index (Phi) is 5.92. The molecule has 0 radical (unpaired) electrons. The summed E-state index contributed by atoms with van der Waals surface area (Å²) in [5.74, 6) is 1.70. The zero-order valence-electron chi connectivity index (χ0n) is 10.6. The summed E-state index contributed by atoms with van der Waals surface area (Å²) in [5, 5.41) is 0. The van der Waals surface area contributed by atoms with E-state index in [-0.39, 0.29) is 35.7 Å². The summed E-state index contributed by atoms with van der Waals surface area (Å²) in [6.07, 6.45) is 0.286. The summed E-state index contributed by atoms with van der Waals surface area (Å²) in [6.45, 7) is 2.03. The van der Waals surface area contributed by atoms with Crippen molar-refractivity contribution in [3.63, 3.8) is 0 Å². The van der Waals surface area contributed by atoms with Crippen LogP contribution in [0.25, 0.3) is 0 Å². The van der Waals surface area contributed by atoms with Gasteiger partial charge in [-0.25, -0.2) is 0 Å². The quantitative estimate of drug-likeness (QED) is 0.601. The molecule has 3 rings (SSSR count). The molecule has 1 atom stereocenters. The van der Waals surface area contributed by atoms with Crippen LogP contribution < -0.4 is 9.47 Å². The van der Waals surface area contributed by atoms with Gasteiger partial charge in [-0.15, -0.1) is 0 Å².